The van der Waals surface area contributed by atoms with Gasteiger partial charge in [0.2, 0.25) is 0 Å². The Morgan fingerprint density at radius 2 is 2.21 bits per heavy atom. The molecule has 14 heavy (non-hydrogen) atoms. The third-order valence-electron chi connectivity index (χ3n) is 1.83. The van der Waals surface area contributed by atoms with E-state index in [2.05, 4.69) is 20.4 Å². The molecule has 0 radical (unpaired) electrons. The molecule has 0 saturated carbocycles. The average molecular weight is 213 g/mol. The standard InChI is InChI=1S/C7H7N3O3S/c8-13-14(11,12)6-1-2-7-5(3-6)4-9-10-7/h1-4H,8H2,(H,9,10). The highest BCUT2D eigenvalue weighted by Crippen LogP contribution is 2.17. The summed E-state index contributed by atoms with van der Waals surface area (Å²) in [4.78, 5) is 0.00824. The molecule has 0 unspecified atom stereocenters. The largest absolute Gasteiger partial charge is 0.312 e. The summed E-state index contributed by atoms with van der Waals surface area (Å²) in [5, 5.41) is 7.14. The van der Waals surface area contributed by atoms with Crippen molar-refractivity contribution in [1.29, 1.82) is 0 Å². The third kappa shape index (κ3) is 1.37. The van der Waals surface area contributed by atoms with Gasteiger partial charge in [0.05, 0.1) is 16.6 Å². The van der Waals surface area contributed by atoms with E-state index in [-0.39, 0.29) is 4.90 Å². The summed E-state index contributed by atoms with van der Waals surface area (Å²) >= 11 is 0. The van der Waals surface area contributed by atoms with E-state index in [1.165, 1.54) is 18.3 Å². The zero-order chi connectivity index (χ0) is 10.2. The molecule has 0 saturated heterocycles. The molecule has 7 heteroatoms. The molecule has 1 aromatic heterocycles. The number of fused-ring (bicyclic) bond motifs is 1. The Labute approximate surface area is 79.8 Å². The molecular weight excluding hydrogens is 206 g/mol. The molecule has 3 N–H and O–H groups in total. The number of nitrogens with zero attached hydrogens (tertiary/aromatic N) is 1. The molecule has 74 valence electrons. The first kappa shape index (κ1) is 9.13. The molecule has 0 bridgehead atoms. The Hall–Kier alpha value is -1.44. The summed E-state index contributed by atoms with van der Waals surface area (Å²) in [6.07, 6.45) is 1.52. The van der Waals surface area contributed by atoms with Gasteiger partial charge in [-0.25, -0.2) is 0 Å². The van der Waals surface area contributed by atoms with Crippen LogP contribution in [-0.4, -0.2) is 18.6 Å². The number of aromatic amines is 1. The van der Waals surface area contributed by atoms with Gasteiger partial charge in [0.1, 0.15) is 0 Å². The highest BCUT2D eigenvalue weighted by atomic mass is 32.2. The minimum Gasteiger partial charge on any atom is -0.278 e. The topological polar surface area (TPSA) is 98.1 Å². The molecule has 0 atom stereocenters. The van der Waals surface area contributed by atoms with Crippen LogP contribution in [0.1, 0.15) is 0 Å². The lowest BCUT2D eigenvalue weighted by atomic mass is 10.3. The van der Waals surface area contributed by atoms with E-state index < -0.39 is 10.1 Å². The number of aromatic nitrogens is 2. The summed E-state index contributed by atoms with van der Waals surface area (Å²) in [7, 11) is -3.83. The van der Waals surface area contributed by atoms with E-state index in [1.54, 1.807) is 6.07 Å². The fourth-order valence-electron chi connectivity index (χ4n) is 1.13. The molecule has 0 aliphatic rings. The van der Waals surface area contributed by atoms with Crippen molar-refractivity contribution in [2.24, 2.45) is 5.90 Å². The zero-order valence-electron chi connectivity index (χ0n) is 6.97. The van der Waals surface area contributed by atoms with Crippen molar-refractivity contribution in [1.82, 2.24) is 10.2 Å². The molecule has 0 aliphatic carbocycles. The Morgan fingerprint density at radius 1 is 1.43 bits per heavy atom. The lowest BCUT2D eigenvalue weighted by molar-refractivity contribution is 0.333. The van der Waals surface area contributed by atoms with E-state index in [1.807, 2.05) is 0 Å². The predicted octanol–water partition coefficient (Wildman–Crippen LogP) is 0.142. The van der Waals surface area contributed by atoms with Gasteiger partial charge in [-0.1, -0.05) is 0 Å². The van der Waals surface area contributed by atoms with Crippen LogP contribution in [0.5, 0.6) is 0 Å². The molecule has 2 rings (SSSR count). The Balaban J connectivity index is 2.65. The highest BCUT2D eigenvalue weighted by Gasteiger charge is 2.14. The average Bonchev–Trinajstić information content (AvgIpc) is 2.64. The molecule has 1 heterocycles. The maximum absolute atomic E-state index is 11.2. The second-order valence-electron chi connectivity index (χ2n) is 2.67. The van der Waals surface area contributed by atoms with E-state index in [9.17, 15) is 8.42 Å². The van der Waals surface area contributed by atoms with Crippen molar-refractivity contribution in [2.45, 2.75) is 4.90 Å². The van der Waals surface area contributed by atoms with Gasteiger partial charge in [-0.15, -0.1) is 0 Å². The van der Waals surface area contributed by atoms with Gasteiger partial charge in [0.15, 0.2) is 0 Å². The second-order valence-corrected chi connectivity index (χ2v) is 4.24. The van der Waals surface area contributed by atoms with E-state index >= 15 is 0 Å². The van der Waals surface area contributed by atoms with Crippen molar-refractivity contribution in [3.05, 3.63) is 24.4 Å². The molecule has 1 aromatic carbocycles. The van der Waals surface area contributed by atoms with Gasteiger partial charge < -0.3 is 0 Å². The number of nitrogens with two attached hydrogens (primary N) is 1. The van der Waals surface area contributed by atoms with Crippen LogP contribution in [0.2, 0.25) is 0 Å². The summed E-state index contributed by atoms with van der Waals surface area (Å²) in [6.45, 7) is 0. The third-order valence-corrected chi connectivity index (χ3v) is 2.91. The molecule has 0 amide bonds. The number of nitrogens with one attached hydrogen (secondary N) is 1. The second kappa shape index (κ2) is 3.05. The van der Waals surface area contributed by atoms with Gasteiger partial charge in [-0.05, 0) is 18.2 Å². The normalized spacial score (nSPS) is 12.1. The number of hydrogen-bond acceptors (Lipinski definition) is 5. The van der Waals surface area contributed by atoms with Crippen LogP contribution < -0.4 is 5.90 Å². The molecule has 0 aliphatic heterocycles. The minimum atomic E-state index is -3.83. The van der Waals surface area contributed by atoms with Gasteiger partial charge >= 0.3 is 10.1 Å². The summed E-state index contributed by atoms with van der Waals surface area (Å²) in [5.41, 5.74) is 0.751. The van der Waals surface area contributed by atoms with Crippen molar-refractivity contribution >= 4 is 21.0 Å². The predicted molar refractivity (Wildman–Crippen MR) is 48.6 cm³/mol. The number of hydrogen-bond donors (Lipinski definition) is 2. The summed E-state index contributed by atoms with van der Waals surface area (Å²) < 4.78 is 26.3. The number of rotatable bonds is 2. The SMILES string of the molecule is NOS(=O)(=O)c1ccc2[nH]ncc2c1. The first-order chi connectivity index (χ1) is 6.63. The van der Waals surface area contributed by atoms with Crippen LogP contribution >= 0.6 is 0 Å². The van der Waals surface area contributed by atoms with Crippen LogP contribution in [0.4, 0.5) is 0 Å². The Bertz CT molecular complexity index is 560. The highest BCUT2D eigenvalue weighted by molar-refractivity contribution is 7.86. The summed E-state index contributed by atoms with van der Waals surface area (Å²) in [6, 6.07) is 4.41. The van der Waals surface area contributed by atoms with Gasteiger partial charge in [0.25, 0.3) is 0 Å². The molecule has 0 spiro atoms. The van der Waals surface area contributed by atoms with Crippen LogP contribution in [0.3, 0.4) is 0 Å². The number of H-pyrrole nitrogens is 1. The van der Waals surface area contributed by atoms with Crippen LogP contribution in [0, 0.1) is 0 Å². The monoisotopic (exact) mass is 213 g/mol. The Kier molecular flexibility index (Phi) is 1.99. The zero-order valence-corrected chi connectivity index (χ0v) is 7.78. The molecule has 2 aromatic rings. The molecule has 6 nitrogen and oxygen atoms in total. The van der Waals surface area contributed by atoms with Crippen molar-refractivity contribution in [3.63, 3.8) is 0 Å². The number of benzene rings is 1. The van der Waals surface area contributed by atoms with Crippen LogP contribution in [-0.2, 0) is 14.4 Å². The van der Waals surface area contributed by atoms with Crippen molar-refractivity contribution < 1.29 is 12.7 Å². The summed E-state index contributed by atoms with van der Waals surface area (Å²) in [5.74, 6) is 4.65. The maximum Gasteiger partial charge on any atom is 0.312 e. The van der Waals surface area contributed by atoms with Gasteiger partial charge in [0, 0.05) is 5.39 Å². The molecular formula is C7H7N3O3S. The van der Waals surface area contributed by atoms with Crippen molar-refractivity contribution in [3.8, 4) is 0 Å². The van der Waals surface area contributed by atoms with Crippen LogP contribution in [0.15, 0.2) is 29.3 Å². The van der Waals surface area contributed by atoms with Crippen molar-refractivity contribution in [2.75, 3.05) is 0 Å². The van der Waals surface area contributed by atoms with Crippen LogP contribution in [0.25, 0.3) is 10.9 Å². The lowest BCUT2D eigenvalue weighted by Crippen LogP contribution is -2.10. The first-order valence-electron chi connectivity index (χ1n) is 3.70. The fraction of sp³-hybridized carbons (Fsp3) is 0. The van der Waals surface area contributed by atoms with Gasteiger partial charge in [-0.3, -0.25) is 5.10 Å². The lowest BCUT2D eigenvalue weighted by Gasteiger charge is -1.99. The van der Waals surface area contributed by atoms with Gasteiger partial charge in [-0.2, -0.15) is 23.7 Å². The Morgan fingerprint density at radius 3 is 2.93 bits per heavy atom. The minimum absolute atomic E-state index is 0.00824. The van der Waals surface area contributed by atoms with E-state index in [4.69, 9.17) is 0 Å². The maximum atomic E-state index is 11.2. The quantitative estimate of drug-likeness (QED) is 0.691. The fourth-order valence-corrected chi connectivity index (χ4v) is 1.75. The van der Waals surface area contributed by atoms with E-state index in [0.29, 0.717) is 5.39 Å². The van der Waals surface area contributed by atoms with E-state index in [0.717, 1.165) is 5.52 Å². The molecule has 0 fully saturated rings. The smallest absolute Gasteiger partial charge is 0.278 e. The first-order valence-corrected chi connectivity index (χ1v) is 5.11.